The summed E-state index contributed by atoms with van der Waals surface area (Å²) in [6.45, 7) is 7.60. The van der Waals surface area contributed by atoms with E-state index >= 15 is 0 Å². The van der Waals surface area contributed by atoms with Crippen molar-refractivity contribution in [1.29, 1.82) is 0 Å². The van der Waals surface area contributed by atoms with Crippen molar-refractivity contribution in [3.8, 4) is 11.1 Å². The van der Waals surface area contributed by atoms with E-state index in [1.165, 1.54) is 4.90 Å². The van der Waals surface area contributed by atoms with Crippen LogP contribution in [0.25, 0.3) is 11.1 Å². The molecular weight excluding hydrogens is 658 g/mol. The number of likely N-dealkylation sites (tertiary alicyclic amines) is 1. The van der Waals surface area contributed by atoms with Gasteiger partial charge in [-0.25, -0.2) is 4.79 Å². The molecule has 0 spiro atoms. The predicted octanol–water partition coefficient (Wildman–Crippen LogP) is 6.31. The SMILES string of the molecule is C=CCN(C)C[C@@H]1O[C@H](c2ccc(-c3cccc(CN4C(=O)CC(NC(=O)OCc5ccccc5)C4=O)c3)cc2)O[C@H](c2ccc(CO)cc2)[C@@H]1C. The Morgan fingerprint density at radius 2 is 1.63 bits per heavy atom. The molecule has 10 heteroatoms. The Kier molecular flexibility index (Phi) is 11.9. The monoisotopic (exact) mass is 703 g/mol. The molecule has 0 aliphatic carbocycles. The number of likely N-dealkylation sites (N-methyl/N-ethyl adjacent to an activating group) is 1. The van der Waals surface area contributed by atoms with E-state index in [1.807, 2.05) is 116 Å². The summed E-state index contributed by atoms with van der Waals surface area (Å²) in [6.07, 6.45) is 0.102. The average Bonchev–Trinajstić information content (AvgIpc) is 3.42. The fraction of sp³-hybridized carbons (Fsp3) is 0.310. The van der Waals surface area contributed by atoms with E-state index in [0.29, 0.717) is 6.54 Å². The average molecular weight is 704 g/mol. The number of alkyl carbamates (subject to hydrolysis) is 1. The number of carbonyl (C=O) groups is 3. The Morgan fingerprint density at radius 3 is 2.35 bits per heavy atom. The van der Waals surface area contributed by atoms with Crippen LogP contribution in [0.3, 0.4) is 0 Å². The summed E-state index contributed by atoms with van der Waals surface area (Å²) in [6, 6.07) is 31.8. The van der Waals surface area contributed by atoms with Gasteiger partial charge in [-0.15, -0.1) is 6.58 Å². The maximum atomic E-state index is 13.1. The van der Waals surface area contributed by atoms with Gasteiger partial charge in [0.2, 0.25) is 5.91 Å². The Labute approximate surface area is 304 Å². The van der Waals surface area contributed by atoms with Crippen LogP contribution in [0.4, 0.5) is 4.79 Å². The second-order valence-electron chi connectivity index (χ2n) is 13.4. The number of imide groups is 1. The van der Waals surface area contributed by atoms with Crippen molar-refractivity contribution in [3.63, 3.8) is 0 Å². The van der Waals surface area contributed by atoms with Gasteiger partial charge in [0.1, 0.15) is 12.6 Å². The van der Waals surface area contributed by atoms with E-state index in [2.05, 4.69) is 23.7 Å². The summed E-state index contributed by atoms with van der Waals surface area (Å²) in [7, 11) is 2.05. The minimum atomic E-state index is -0.972. The third-order valence-corrected chi connectivity index (χ3v) is 9.59. The molecule has 2 aliphatic heterocycles. The number of nitrogens with zero attached hydrogens (tertiary/aromatic N) is 2. The number of carbonyl (C=O) groups excluding carboxylic acids is 3. The highest BCUT2D eigenvalue weighted by atomic mass is 16.7. The normalized spacial score (nSPS) is 21.7. The van der Waals surface area contributed by atoms with E-state index < -0.39 is 24.3 Å². The summed E-state index contributed by atoms with van der Waals surface area (Å²) in [4.78, 5) is 41.7. The molecule has 0 bridgehead atoms. The summed E-state index contributed by atoms with van der Waals surface area (Å²) in [5.41, 5.74) is 6.24. The molecule has 0 radical (unpaired) electrons. The highest BCUT2D eigenvalue weighted by molar-refractivity contribution is 6.06. The van der Waals surface area contributed by atoms with Crippen LogP contribution in [-0.4, -0.2) is 65.1 Å². The lowest BCUT2D eigenvalue weighted by Gasteiger charge is -2.42. The largest absolute Gasteiger partial charge is 0.445 e. The molecule has 2 aliphatic rings. The zero-order valence-corrected chi connectivity index (χ0v) is 29.5. The topological polar surface area (TPSA) is 118 Å². The van der Waals surface area contributed by atoms with Gasteiger partial charge in [-0.3, -0.25) is 14.5 Å². The van der Waals surface area contributed by atoms with Crippen LogP contribution in [0.15, 0.2) is 116 Å². The van der Waals surface area contributed by atoms with E-state index in [9.17, 15) is 19.5 Å². The van der Waals surface area contributed by atoms with Crippen molar-refractivity contribution in [3.05, 3.63) is 144 Å². The fourth-order valence-corrected chi connectivity index (χ4v) is 6.66. The number of rotatable bonds is 13. The first-order chi connectivity index (χ1) is 25.2. The van der Waals surface area contributed by atoms with Gasteiger partial charge in [-0.05, 0) is 46.5 Å². The molecular formula is C42H45N3O7. The van der Waals surface area contributed by atoms with Crippen molar-refractivity contribution in [1.82, 2.24) is 15.1 Å². The van der Waals surface area contributed by atoms with Crippen molar-refractivity contribution >= 4 is 17.9 Å². The van der Waals surface area contributed by atoms with Gasteiger partial charge >= 0.3 is 6.09 Å². The smallest absolute Gasteiger partial charge is 0.408 e. The van der Waals surface area contributed by atoms with Crippen molar-refractivity contribution < 1.29 is 33.7 Å². The van der Waals surface area contributed by atoms with E-state index in [-0.39, 0.29) is 50.2 Å². The maximum absolute atomic E-state index is 13.1. The van der Waals surface area contributed by atoms with Crippen molar-refractivity contribution in [2.24, 2.45) is 5.92 Å². The second kappa shape index (κ2) is 16.9. The van der Waals surface area contributed by atoms with E-state index in [4.69, 9.17) is 14.2 Å². The third-order valence-electron chi connectivity index (χ3n) is 9.59. The first kappa shape index (κ1) is 36.7. The number of hydrogen-bond donors (Lipinski definition) is 2. The molecule has 2 saturated heterocycles. The van der Waals surface area contributed by atoms with Crippen LogP contribution < -0.4 is 5.32 Å². The fourth-order valence-electron chi connectivity index (χ4n) is 6.66. The Bertz CT molecular complexity index is 1850. The van der Waals surface area contributed by atoms with Gasteiger partial charge in [0.05, 0.1) is 31.8 Å². The van der Waals surface area contributed by atoms with Crippen LogP contribution in [0.2, 0.25) is 0 Å². The number of benzene rings is 4. The molecule has 270 valence electrons. The lowest BCUT2D eigenvalue weighted by molar-refractivity contribution is -0.275. The van der Waals surface area contributed by atoms with Gasteiger partial charge in [0.15, 0.2) is 6.29 Å². The zero-order valence-electron chi connectivity index (χ0n) is 29.5. The lowest BCUT2D eigenvalue weighted by Crippen LogP contribution is -2.43. The summed E-state index contributed by atoms with van der Waals surface area (Å²) in [5, 5.41) is 12.1. The first-order valence-corrected chi connectivity index (χ1v) is 17.5. The minimum Gasteiger partial charge on any atom is -0.445 e. The number of amides is 3. The van der Waals surface area contributed by atoms with E-state index in [1.54, 1.807) is 0 Å². The molecule has 0 aromatic heterocycles. The third kappa shape index (κ3) is 8.83. The Hall–Kier alpha value is -5.13. The summed E-state index contributed by atoms with van der Waals surface area (Å²) >= 11 is 0. The molecule has 1 unspecified atom stereocenters. The molecule has 4 aromatic rings. The van der Waals surface area contributed by atoms with Gasteiger partial charge in [-0.1, -0.05) is 110 Å². The van der Waals surface area contributed by atoms with Crippen LogP contribution in [-0.2, 0) is 43.6 Å². The molecule has 4 aromatic carbocycles. The quantitative estimate of drug-likeness (QED) is 0.123. The highest BCUT2D eigenvalue weighted by Crippen LogP contribution is 2.42. The van der Waals surface area contributed by atoms with Gasteiger partial charge in [0.25, 0.3) is 5.91 Å². The molecule has 10 nitrogen and oxygen atoms in total. The molecule has 6 rings (SSSR count). The summed E-state index contributed by atoms with van der Waals surface area (Å²) in [5.74, 6) is -0.749. The molecule has 0 saturated carbocycles. The maximum Gasteiger partial charge on any atom is 0.408 e. The Balaban J connectivity index is 1.11. The van der Waals surface area contributed by atoms with Gasteiger partial charge < -0.3 is 29.5 Å². The van der Waals surface area contributed by atoms with E-state index in [0.717, 1.165) is 45.5 Å². The van der Waals surface area contributed by atoms with Crippen LogP contribution in [0, 0.1) is 5.92 Å². The number of nitrogens with one attached hydrogen (secondary N) is 1. The molecule has 52 heavy (non-hydrogen) atoms. The molecule has 2 fully saturated rings. The van der Waals surface area contributed by atoms with Crippen LogP contribution >= 0.6 is 0 Å². The van der Waals surface area contributed by atoms with Crippen molar-refractivity contribution in [2.75, 3.05) is 20.1 Å². The van der Waals surface area contributed by atoms with Gasteiger partial charge in [0, 0.05) is 24.6 Å². The molecule has 2 heterocycles. The predicted molar refractivity (Wildman–Crippen MR) is 196 cm³/mol. The lowest BCUT2D eigenvalue weighted by atomic mass is 9.90. The zero-order chi connectivity index (χ0) is 36.6. The van der Waals surface area contributed by atoms with Gasteiger partial charge in [-0.2, -0.15) is 0 Å². The molecule has 2 N–H and O–H groups in total. The summed E-state index contributed by atoms with van der Waals surface area (Å²) < 4.78 is 18.4. The first-order valence-electron chi connectivity index (χ1n) is 17.5. The number of aliphatic hydroxyl groups excluding tert-OH is 1. The van der Waals surface area contributed by atoms with Crippen LogP contribution in [0.5, 0.6) is 0 Å². The highest BCUT2D eigenvalue weighted by Gasteiger charge is 2.40. The number of hydrogen-bond acceptors (Lipinski definition) is 8. The van der Waals surface area contributed by atoms with Crippen molar-refractivity contribution in [2.45, 2.75) is 57.6 Å². The molecule has 5 atom stereocenters. The Morgan fingerprint density at radius 1 is 0.923 bits per heavy atom. The number of aliphatic hydroxyl groups is 1. The standard InChI is InChI=1S/C42H45N3O7/c1-4-21-44(3)25-37-28(2)39(33-15-13-29(26-46)14-16-33)52-41(51-37)34-19-17-32(18-20-34)35-12-8-11-31(22-35)24-45-38(47)23-36(40(45)48)43-42(49)50-27-30-9-6-5-7-10-30/h4-20,22,28,36-37,39,41,46H,1,21,23-27H2,2-3H3,(H,43,49)/t28-,36?,37+,39+,41+/m1/s1. The molecule has 3 amide bonds. The number of ether oxygens (including phenoxy) is 3. The second-order valence-corrected chi connectivity index (χ2v) is 13.4. The minimum absolute atomic E-state index is 0.0162. The van der Waals surface area contributed by atoms with Crippen LogP contribution in [0.1, 0.15) is 53.6 Å².